The van der Waals surface area contributed by atoms with E-state index >= 15 is 0 Å². The molecule has 0 saturated carbocycles. The third kappa shape index (κ3) is 6.19. The quantitative estimate of drug-likeness (QED) is 0.175. The molecular formula is C28H30N4O8. The Morgan fingerprint density at radius 1 is 1.05 bits per heavy atom. The van der Waals surface area contributed by atoms with Gasteiger partial charge in [-0.3, -0.25) is 14.8 Å². The van der Waals surface area contributed by atoms with Crippen molar-refractivity contribution in [3.05, 3.63) is 71.3 Å². The SMILES string of the molecule is CN(C)c1cc(Cc2ccc(C(=O)N[C@@H]3CCOC[C@@H]3C(=O)N(O)C(C(=O)O)C(=O)O)cc2)c2ccccc2n1. The van der Waals surface area contributed by atoms with E-state index in [0.29, 0.717) is 12.0 Å². The van der Waals surface area contributed by atoms with Crippen LogP contribution in [0.1, 0.15) is 27.9 Å². The summed E-state index contributed by atoms with van der Waals surface area (Å²) in [5.74, 6) is -5.79. The van der Waals surface area contributed by atoms with Gasteiger partial charge in [-0.15, -0.1) is 0 Å². The van der Waals surface area contributed by atoms with Gasteiger partial charge in [0.25, 0.3) is 17.9 Å². The second-order valence-corrected chi connectivity index (χ2v) is 9.74. The number of para-hydroxylation sites is 1. The fourth-order valence-corrected chi connectivity index (χ4v) is 4.62. The number of aromatic nitrogens is 1. The van der Waals surface area contributed by atoms with Crippen molar-refractivity contribution in [2.45, 2.75) is 24.9 Å². The Hall–Kier alpha value is -4.55. The summed E-state index contributed by atoms with van der Waals surface area (Å²) in [4.78, 5) is 54.9. The van der Waals surface area contributed by atoms with E-state index < -0.39 is 41.8 Å². The molecule has 0 spiro atoms. The lowest BCUT2D eigenvalue weighted by atomic mass is 9.93. The highest BCUT2D eigenvalue weighted by Gasteiger charge is 2.42. The summed E-state index contributed by atoms with van der Waals surface area (Å²) in [7, 11) is 3.86. The number of carbonyl (C=O) groups is 4. The summed E-state index contributed by atoms with van der Waals surface area (Å²) in [5.41, 5.74) is 3.29. The molecule has 3 aromatic rings. The monoisotopic (exact) mass is 550 g/mol. The van der Waals surface area contributed by atoms with Crippen molar-refractivity contribution in [2.24, 2.45) is 5.92 Å². The van der Waals surface area contributed by atoms with Crippen LogP contribution in [0, 0.1) is 5.92 Å². The first-order valence-electron chi connectivity index (χ1n) is 12.6. The number of nitrogens with one attached hydrogen (secondary N) is 1. The summed E-state index contributed by atoms with van der Waals surface area (Å²) in [6.07, 6.45) is 0.825. The van der Waals surface area contributed by atoms with Crippen LogP contribution in [-0.2, 0) is 25.5 Å². The number of nitrogens with zero attached hydrogens (tertiary/aromatic N) is 3. The summed E-state index contributed by atoms with van der Waals surface area (Å²) in [6.45, 7) is -0.00420. The van der Waals surface area contributed by atoms with Gasteiger partial charge in [-0.1, -0.05) is 30.3 Å². The predicted molar refractivity (Wildman–Crippen MR) is 143 cm³/mol. The maximum absolute atomic E-state index is 13.0. The molecule has 1 fully saturated rings. The van der Waals surface area contributed by atoms with E-state index in [1.807, 2.05) is 61.5 Å². The Morgan fingerprint density at radius 2 is 1.73 bits per heavy atom. The molecule has 12 heteroatoms. The third-order valence-corrected chi connectivity index (χ3v) is 6.79. The average Bonchev–Trinajstić information content (AvgIpc) is 2.92. The maximum atomic E-state index is 13.0. The lowest BCUT2D eigenvalue weighted by Gasteiger charge is -2.33. The lowest BCUT2D eigenvalue weighted by Crippen LogP contribution is -2.56. The number of carboxylic acids is 2. The van der Waals surface area contributed by atoms with E-state index in [-0.39, 0.29) is 24.7 Å². The van der Waals surface area contributed by atoms with Crippen molar-refractivity contribution < 1.29 is 39.3 Å². The Kier molecular flexibility index (Phi) is 8.61. The molecule has 4 rings (SSSR count). The van der Waals surface area contributed by atoms with Crippen LogP contribution in [-0.4, -0.2) is 88.6 Å². The first-order chi connectivity index (χ1) is 19.1. The van der Waals surface area contributed by atoms with Crippen LogP contribution in [0.25, 0.3) is 10.9 Å². The van der Waals surface area contributed by atoms with Crippen LogP contribution >= 0.6 is 0 Å². The molecule has 40 heavy (non-hydrogen) atoms. The predicted octanol–water partition coefficient (Wildman–Crippen LogP) is 1.78. The van der Waals surface area contributed by atoms with Gasteiger partial charge in [0.15, 0.2) is 0 Å². The van der Waals surface area contributed by atoms with E-state index in [1.165, 1.54) is 0 Å². The van der Waals surface area contributed by atoms with Gasteiger partial charge in [0, 0.05) is 37.7 Å². The number of fused-ring (bicyclic) bond motifs is 1. The Balaban J connectivity index is 1.48. The number of pyridine rings is 1. The molecule has 0 unspecified atom stereocenters. The van der Waals surface area contributed by atoms with E-state index in [9.17, 15) is 24.4 Å². The van der Waals surface area contributed by atoms with Crippen LogP contribution in [0.2, 0.25) is 0 Å². The average molecular weight is 551 g/mol. The van der Waals surface area contributed by atoms with E-state index in [4.69, 9.17) is 14.9 Å². The smallest absolute Gasteiger partial charge is 0.340 e. The molecule has 210 valence electrons. The number of carbonyl (C=O) groups excluding carboxylic acids is 2. The first kappa shape index (κ1) is 28.5. The number of carboxylic acid groups (broad SMARTS) is 2. The van der Waals surface area contributed by atoms with Crippen molar-refractivity contribution in [3.8, 4) is 0 Å². The second kappa shape index (κ2) is 12.1. The van der Waals surface area contributed by atoms with Gasteiger partial charge in [-0.2, -0.15) is 5.06 Å². The van der Waals surface area contributed by atoms with Crippen molar-refractivity contribution >= 4 is 40.5 Å². The largest absolute Gasteiger partial charge is 0.479 e. The fourth-order valence-electron chi connectivity index (χ4n) is 4.62. The topological polar surface area (TPSA) is 170 Å². The van der Waals surface area contributed by atoms with Crippen molar-refractivity contribution in [2.75, 3.05) is 32.2 Å². The minimum atomic E-state index is -2.48. The highest BCUT2D eigenvalue weighted by Crippen LogP contribution is 2.25. The number of benzene rings is 2. The van der Waals surface area contributed by atoms with Crippen molar-refractivity contribution in [3.63, 3.8) is 0 Å². The molecule has 2 heterocycles. The molecule has 12 nitrogen and oxygen atoms in total. The van der Waals surface area contributed by atoms with E-state index in [0.717, 1.165) is 27.8 Å². The maximum Gasteiger partial charge on any atom is 0.340 e. The summed E-state index contributed by atoms with van der Waals surface area (Å²) in [6, 6.07) is 13.7. The fraction of sp³-hybridized carbons (Fsp3) is 0.321. The highest BCUT2D eigenvalue weighted by molar-refractivity contribution is 6.01. The summed E-state index contributed by atoms with van der Waals surface area (Å²) in [5, 5.41) is 31.7. The molecule has 0 bridgehead atoms. The van der Waals surface area contributed by atoms with Crippen molar-refractivity contribution in [1.82, 2.24) is 15.4 Å². The Labute approximate surface area is 229 Å². The lowest BCUT2D eigenvalue weighted by molar-refractivity contribution is -0.199. The zero-order valence-corrected chi connectivity index (χ0v) is 22.0. The molecule has 1 aliphatic heterocycles. The molecule has 1 aliphatic rings. The molecule has 4 N–H and O–H groups in total. The number of hydrogen-bond acceptors (Lipinski definition) is 8. The molecule has 2 atom stereocenters. The van der Waals surface area contributed by atoms with Crippen LogP contribution in [0.15, 0.2) is 54.6 Å². The minimum Gasteiger partial charge on any atom is -0.479 e. The number of aliphatic carboxylic acids is 2. The van der Waals surface area contributed by atoms with Crippen molar-refractivity contribution in [1.29, 1.82) is 0 Å². The van der Waals surface area contributed by atoms with Crippen LogP contribution < -0.4 is 10.2 Å². The minimum absolute atomic E-state index is 0.211. The van der Waals surface area contributed by atoms with Crippen LogP contribution in [0.3, 0.4) is 0 Å². The van der Waals surface area contributed by atoms with Gasteiger partial charge in [0.1, 0.15) is 5.82 Å². The molecule has 0 aliphatic carbocycles. The summed E-state index contributed by atoms with van der Waals surface area (Å²) < 4.78 is 5.29. The summed E-state index contributed by atoms with van der Waals surface area (Å²) >= 11 is 0. The molecule has 1 aromatic heterocycles. The molecule has 1 saturated heterocycles. The number of hydrogen-bond donors (Lipinski definition) is 4. The number of amides is 2. The Morgan fingerprint density at radius 3 is 2.38 bits per heavy atom. The van der Waals surface area contributed by atoms with Gasteiger partial charge in [0.05, 0.1) is 18.0 Å². The van der Waals surface area contributed by atoms with E-state index in [2.05, 4.69) is 10.3 Å². The second-order valence-electron chi connectivity index (χ2n) is 9.74. The van der Waals surface area contributed by atoms with Gasteiger partial charge >= 0.3 is 11.9 Å². The van der Waals surface area contributed by atoms with Crippen LogP contribution in [0.5, 0.6) is 0 Å². The number of hydroxylamine groups is 2. The number of anilines is 1. The van der Waals surface area contributed by atoms with Crippen LogP contribution in [0.4, 0.5) is 5.82 Å². The Bertz CT molecular complexity index is 1410. The van der Waals surface area contributed by atoms with E-state index in [1.54, 1.807) is 12.1 Å². The number of rotatable bonds is 9. The van der Waals surface area contributed by atoms with Gasteiger partial charge in [-0.25, -0.2) is 14.6 Å². The first-order valence-corrected chi connectivity index (χ1v) is 12.6. The molecule has 0 radical (unpaired) electrons. The zero-order valence-electron chi connectivity index (χ0n) is 22.0. The molecule has 2 amide bonds. The zero-order chi connectivity index (χ0) is 29.0. The van der Waals surface area contributed by atoms with Gasteiger partial charge < -0.3 is 25.2 Å². The third-order valence-electron chi connectivity index (χ3n) is 6.79. The standard InChI is InChI=1S/C28H30N4O8/c1-31(2)23-14-18(19-5-3-4-6-21(19)29-23)13-16-7-9-17(10-8-16)25(33)30-22-11-12-40-15-20(22)26(34)32(39)24(27(35)36)28(37)38/h3-10,14,20,22,24,39H,11-13,15H2,1-2H3,(H,30,33)(H,35,36)(H,37,38)/t20-,22+/m0/s1. The van der Waals surface area contributed by atoms with Gasteiger partial charge in [0.2, 0.25) is 0 Å². The molecular weight excluding hydrogens is 520 g/mol. The highest BCUT2D eigenvalue weighted by atomic mass is 16.5. The molecule has 2 aromatic carbocycles. The normalized spacial score (nSPS) is 16.9. The number of ether oxygens (including phenoxy) is 1. The van der Waals surface area contributed by atoms with Gasteiger partial charge in [-0.05, 0) is 48.2 Å².